The SMILES string of the molecule is Cc1c(C(=O)Nc2cc(Br)ccc2N2CCOCC2)oc2ccc(F)cc12. The van der Waals surface area contributed by atoms with Gasteiger partial charge < -0.3 is 19.4 Å². The summed E-state index contributed by atoms with van der Waals surface area (Å²) in [5.41, 5.74) is 2.71. The molecule has 0 radical (unpaired) electrons. The van der Waals surface area contributed by atoms with Crippen molar-refractivity contribution in [2.45, 2.75) is 6.92 Å². The van der Waals surface area contributed by atoms with E-state index in [2.05, 4.69) is 26.1 Å². The second-order valence-electron chi connectivity index (χ2n) is 6.41. The van der Waals surface area contributed by atoms with Crippen LogP contribution in [0.15, 0.2) is 45.3 Å². The Kier molecular flexibility index (Phi) is 4.88. The Labute approximate surface area is 164 Å². The molecule has 140 valence electrons. The highest BCUT2D eigenvalue weighted by Gasteiger charge is 2.21. The molecule has 2 aromatic carbocycles. The van der Waals surface area contributed by atoms with E-state index in [4.69, 9.17) is 9.15 Å². The highest BCUT2D eigenvalue weighted by atomic mass is 79.9. The van der Waals surface area contributed by atoms with Crippen molar-refractivity contribution in [2.75, 3.05) is 36.5 Å². The molecule has 1 aromatic heterocycles. The number of ether oxygens (including phenoxy) is 1. The number of amides is 1. The van der Waals surface area contributed by atoms with Gasteiger partial charge >= 0.3 is 0 Å². The van der Waals surface area contributed by atoms with Crippen molar-refractivity contribution in [1.29, 1.82) is 0 Å². The molecule has 4 rings (SSSR count). The minimum atomic E-state index is -0.364. The topological polar surface area (TPSA) is 54.7 Å². The van der Waals surface area contributed by atoms with Gasteiger partial charge in [-0.3, -0.25) is 4.79 Å². The molecule has 0 unspecified atom stereocenters. The standard InChI is InChI=1S/C20H18BrFN2O3/c1-12-15-11-14(22)3-5-18(15)27-19(12)20(25)23-16-10-13(21)2-4-17(16)24-6-8-26-9-7-24/h2-5,10-11H,6-9H2,1H3,(H,23,25). The fourth-order valence-corrected chi connectivity index (χ4v) is 3.64. The number of benzene rings is 2. The van der Waals surface area contributed by atoms with E-state index in [1.807, 2.05) is 18.2 Å². The number of nitrogens with one attached hydrogen (secondary N) is 1. The lowest BCUT2D eigenvalue weighted by atomic mass is 10.1. The van der Waals surface area contributed by atoms with Gasteiger partial charge in [0.05, 0.1) is 24.6 Å². The molecule has 27 heavy (non-hydrogen) atoms. The van der Waals surface area contributed by atoms with Crippen LogP contribution < -0.4 is 10.2 Å². The van der Waals surface area contributed by atoms with Crippen LogP contribution >= 0.6 is 15.9 Å². The summed E-state index contributed by atoms with van der Waals surface area (Å²) in [6.07, 6.45) is 0. The summed E-state index contributed by atoms with van der Waals surface area (Å²) >= 11 is 3.46. The number of carbonyl (C=O) groups is 1. The molecule has 1 saturated heterocycles. The van der Waals surface area contributed by atoms with E-state index >= 15 is 0 Å². The van der Waals surface area contributed by atoms with E-state index in [1.54, 1.807) is 6.92 Å². The van der Waals surface area contributed by atoms with E-state index < -0.39 is 0 Å². The number of carbonyl (C=O) groups excluding carboxylic acids is 1. The van der Waals surface area contributed by atoms with Crippen LogP contribution in [0.2, 0.25) is 0 Å². The van der Waals surface area contributed by atoms with Gasteiger partial charge in [-0.05, 0) is 43.3 Å². The molecule has 0 saturated carbocycles. The van der Waals surface area contributed by atoms with Crippen molar-refractivity contribution in [3.63, 3.8) is 0 Å². The second kappa shape index (κ2) is 7.32. The van der Waals surface area contributed by atoms with Gasteiger partial charge in [0.2, 0.25) is 0 Å². The summed E-state index contributed by atoms with van der Waals surface area (Å²) in [7, 11) is 0. The Bertz CT molecular complexity index is 1010. The number of anilines is 2. The van der Waals surface area contributed by atoms with Gasteiger partial charge in [-0.1, -0.05) is 15.9 Å². The van der Waals surface area contributed by atoms with Crippen LogP contribution in [-0.4, -0.2) is 32.2 Å². The number of hydrogen-bond acceptors (Lipinski definition) is 4. The maximum absolute atomic E-state index is 13.5. The van der Waals surface area contributed by atoms with Gasteiger partial charge in [0, 0.05) is 28.5 Å². The Morgan fingerprint density at radius 2 is 1.96 bits per heavy atom. The van der Waals surface area contributed by atoms with Crippen LogP contribution in [0.1, 0.15) is 16.1 Å². The highest BCUT2D eigenvalue weighted by Crippen LogP contribution is 2.32. The van der Waals surface area contributed by atoms with Crippen molar-refractivity contribution < 1.29 is 18.3 Å². The molecule has 1 N–H and O–H groups in total. The van der Waals surface area contributed by atoms with E-state index in [1.165, 1.54) is 18.2 Å². The first-order valence-electron chi connectivity index (χ1n) is 8.65. The monoisotopic (exact) mass is 432 g/mol. The summed E-state index contributed by atoms with van der Waals surface area (Å²) in [4.78, 5) is 15.1. The first kappa shape index (κ1) is 18.0. The largest absolute Gasteiger partial charge is 0.451 e. The van der Waals surface area contributed by atoms with Gasteiger partial charge in [0.15, 0.2) is 5.76 Å². The molecule has 1 fully saturated rings. The Hall–Kier alpha value is -2.38. The molecule has 7 heteroatoms. The molecule has 1 amide bonds. The molecule has 1 aliphatic heterocycles. The fraction of sp³-hybridized carbons (Fsp3) is 0.250. The van der Waals surface area contributed by atoms with Crippen LogP contribution in [0.5, 0.6) is 0 Å². The number of hydrogen-bond donors (Lipinski definition) is 1. The molecular formula is C20H18BrFN2O3. The van der Waals surface area contributed by atoms with Crippen molar-refractivity contribution >= 4 is 44.2 Å². The summed E-state index contributed by atoms with van der Waals surface area (Å²) in [6.45, 7) is 4.57. The zero-order valence-electron chi connectivity index (χ0n) is 14.7. The van der Waals surface area contributed by atoms with Crippen LogP contribution in [-0.2, 0) is 4.74 Å². The zero-order chi connectivity index (χ0) is 19.0. The molecule has 3 aromatic rings. The number of halogens is 2. The summed E-state index contributed by atoms with van der Waals surface area (Å²) in [5.74, 6) is -0.542. The third-order valence-electron chi connectivity index (χ3n) is 4.66. The van der Waals surface area contributed by atoms with Crippen LogP contribution in [0.3, 0.4) is 0 Å². The van der Waals surface area contributed by atoms with Crippen molar-refractivity contribution in [3.05, 3.63) is 58.0 Å². The Balaban J connectivity index is 1.67. The van der Waals surface area contributed by atoms with Crippen LogP contribution in [0.4, 0.5) is 15.8 Å². The fourth-order valence-electron chi connectivity index (χ4n) is 3.28. The highest BCUT2D eigenvalue weighted by molar-refractivity contribution is 9.10. The first-order chi connectivity index (χ1) is 13.0. The van der Waals surface area contributed by atoms with E-state index in [0.717, 1.165) is 23.2 Å². The number of morpholine rings is 1. The van der Waals surface area contributed by atoms with Crippen molar-refractivity contribution in [3.8, 4) is 0 Å². The predicted molar refractivity (Wildman–Crippen MR) is 106 cm³/mol. The number of furan rings is 1. The zero-order valence-corrected chi connectivity index (χ0v) is 16.3. The van der Waals surface area contributed by atoms with Crippen molar-refractivity contribution in [2.24, 2.45) is 0 Å². The van der Waals surface area contributed by atoms with Crippen LogP contribution in [0, 0.1) is 12.7 Å². The molecule has 0 spiro atoms. The summed E-state index contributed by atoms with van der Waals surface area (Å²) < 4.78 is 25.5. The lowest BCUT2D eigenvalue weighted by Crippen LogP contribution is -2.36. The molecule has 0 aliphatic carbocycles. The molecule has 2 heterocycles. The molecule has 0 atom stereocenters. The normalized spacial score (nSPS) is 14.6. The van der Waals surface area contributed by atoms with Gasteiger partial charge in [-0.25, -0.2) is 4.39 Å². The number of nitrogens with zero attached hydrogens (tertiary/aromatic N) is 1. The first-order valence-corrected chi connectivity index (χ1v) is 9.44. The van der Waals surface area contributed by atoms with Gasteiger partial charge in [-0.2, -0.15) is 0 Å². The second-order valence-corrected chi connectivity index (χ2v) is 7.33. The predicted octanol–water partition coefficient (Wildman–Crippen LogP) is 4.73. The van der Waals surface area contributed by atoms with Gasteiger partial charge in [0.1, 0.15) is 11.4 Å². The maximum Gasteiger partial charge on any atom is 0.291 e. The Morgan fingerprint density at radius 3 is 2.74 bits per heavy atom. The third-order valence-corrected chi connectivity index (χ3v) is 5.16. The maximum atomic E-state index is 13.5. The minimum Gasteiger partial charge on any atom is -0.451 e. The number of fused-ring (bicyclic) bond motifs is 1. The Morgan fingerprint density at radius 1 is 1.19 bits per heavy atom. The average Bonchev–Trinajstić information content (AvgIpc) is 2.99. The number of aryl methyl sites for hydroxylation is 1. The number of rotatable bonds is 3. The third kappa shape index (κ3) is 3.57. The van der Waals surface area contributed by atoms with E-state index in [9.17, 15) is 9.18 Å². The van der Waals surface area contributed by atoms with Crippen LogP contribution in [0.25, 0.3) is 11.0 Å². The minimum absolute atomic E-state index is 0.184. The lowest BCUT2D eigenvalue weighted by Gasteiger charge is -2.30. The molecule has 0 bridgehead atoms. The molecule has 5 nitrogen and oxygen atoms in total. The quantitative estimate of drug-likeness (QED) is 0.649. The van der Waals surface area contributed by atoms with Crippen molar-refractivity contribution in [1.82, 2.24) is 0 Å². The van der Waals surface area contributed by atoms with E-state index in [-0.39, 0.29) is 17.5 Å². The summed E-state index contributed by atoms with van der Waals surface area (Å²) in [5, 5.41) is 3.54. The van der Waals surface area contributed by atoms with Gasteiger partial charge in [-0.15, -0.1) is 0 Å². The molecule has 1 aliphatic rings. The lowest BCUT2D eigenvalue weighted by molar-refractivity contribution is 0.0998. The van der Waals surface area contributed by atoms with E-state index in [0.29, 0.717) is 35.4 Å². The average molecular weight is 433 g/mol. The summed E-state index contributed by atoms with van der Waals surface area (Å²) in [6, 6.07) is 10.00. The smallest absolute Gasteiger partial charge is 0.291 e. The molecular weight excluding hydrogens is 415 g/mol. The van der Waals surface area contributed by atoms with Gasteiger partial charge in [0.25, 0.3) is 5.91 Å².